The molecule has 0 aliphatic carbocycles. The average Bonchev–Trinajstić information content (AvgIpc) is 2.85. The predicted molar refractivity (Wildman–Crippen MR) is 84.2 cm³/mol. The molecule has 0 unspecified atom stereocenters. The largest absolute Gasteiger partial charge is 0.367 e. The van der Waals surface area contributed by atoms with E-state index in [2.05, 4.69) is 21.1 Å². The SMILES string of the molecule is Cc1c(Br)cccc1-c1noc(N)c1-c1ccc(F)cc1. The highest BCUT2D eigenvalue weighted by Crippen LogP contribution is 2.38. The molecule has 0 radical (unpaired) electrons. The van der Waals surface area contributed by atoms with Crippen molar-refractivity contribution in [2.24, 2.45) is 0 Å². The van der Waals surface area contributed by atoms with E-state index < -0.39 is 0 Å². The third-order valence-corrected chi connectivity index (χ3v) is 4.23. The number of hydrogen-bond acceptors (Lipinski definition) is 3. The van der Waals surface area contributed by atoms with Crippen molar-refractivity contribution in [2.45, 2.75) is 6.92 Å². The molecular formula is C16H12BrFN2O. The molecule has 0 saturated carbocycles. The second-order valence-corrected chi connectivity index (χ2v) is 5.54. The van der Waals surface area contributed by atoms with Crippen molar-refractivity contribution >= 4 is 21.8 Å². The van der Waals surface area contributed by atoms with E-state index >= 15 is 0 Å². The predicted octanol–water partition coefficient (Wildman–Crippen LogP) is 4.80. The van der Waals surface area contributed by atoms with Crippen LogP contribution in [0.15, 0.2) is 51.5 Å². The Bertz CT molecular complexity index is 797. The van der Waals surface area contributed by atoms with Gasteiger partial charge in [-0.05, 0) is 36.2 Å². The lowest BCUT2D eigenvalue weighted by Crippen LogP contribution is -1.90. The normalized spacial score (nSPS) is 10.8. The average molecular weight is 347 g/mol. The minimum Gasteiger partial charge on any atom is -0.367 e. The molecule has 0 aliphatic heterocycles. The second kappa shape index (κ2) is 5.33. The van der Waals surface area contributed by atoms with Gasteiger partial charge in [0.25, 0.3) is 0 Å². The molecule has 3 nitrogen and oxygen atoms in total. The molecule has 1 heterocycles. The Labute approximate surface area is 129 Å². The molecule has 2 N–H and O–H groups in total. The van der Waals surface area contributed by atoms with Crippen LogP contribution in [0.3, 0.4) is 0 Å². The van der Waals surface area contributed by atoms with Crippen LogP contribution < -0.4 is 5.73 Å². The van der Waals surface area contributed by atoms with Crippen LogP contribution in [0.1, 0.15) is 5.56 Å². The third-order valence-electron chi connectivity index (χ3n) is 3.37. The van der Waals surface area contributed by atoms with Gasteiger partial charge >= 0.3 is 0 Å². The summed E-state index contributed by atoms with van der Waals surface area (Å²) in [6.07, 6.45) is 0. The summed E-state index contributed by atoms with van der Waals surface area (Å²) >= 11 is 3.50. The lowest BCUT2D eigenvalue weighted by Gasteiger charge is -2.07. The molecule has 2 aromatic carbocycles. The van der Waals surface area contributed by atoms with E-state index in [-0.39, 0.29) is 11.7 Å². The first-order chi connectivity index (χ1) is 10.1. The number of benzene rings is 2. The number of nitrogens with two attached hydrogens (primary N) is 1. The van der Waals surface area contributed by atoms with Crippen LogP contribution >= 0.6 is 15.9 Å². The minimum absolute atomic E-state index is 0.219. The molecule has 0 bridgehead atoms. The fraction of sp³-hybridized carbons (Fsp3) is 0.0625. The van der Waals surface area contributed by atoms with Crippen LogP contribution in [0.4, 0.5) is 10.3 Å². The smallest absolute Gasteiger partial charge is 0.230 e. The fourth-order valence-corrected chi connectivity index (χ4v) is 2.61. The van der Waals surface area contributed by atoms with Crippen molar-refractivity contribution in [3.63, 3.8) is 0 Å². The lowest BCUT2D eigenvalue weighted by molar-refractivity contribution is 0.439. The van der Waals surface area contributed by atoms with E-state index in [1.807, 2.05) is 25.1 Å². The molecule has 0 fully saturated rings. The van der Waals surface area contributed by atoms with Crippen LogP contribution in [0.2, 0.25) is 0 Å². The van der Waals surface area contributed by atoms with E-state index in [4.69, 9.17) is 10.3 Å². The summed E-state index contributed by atoms with van der Waals surface area (Å²) in [5.41, 5.74) is 9.96. The number of rotatable bonds is 2. The molecule has 0 saturated heterocycles. The molecule has 0 atom stereocenters. The standard InChI is InChI=1S/C16H12BrFN2O/c1-9-12(3-2-4-13(9)17)15-14(16(19)21-20-15)10-5-7-11(18)8-6-10/h2-8H,19H2,1H3. The van der Waals surface area contributed by atoms with Gasteiger partial charge in [0.1, 0.15) is 11.5 Å². The maximum absolute atomic E-state index is 13.1. The van der Waals surface area contributed by atoms with E-state index in [1.165, 1.54) is 12.1 Å². The first-order valence-electron chi connectivity index (χ1n) is 6.34. The van der Waals surface area contributed by atoms with Gasteiger partial charge < -0.3 is 10.3 Å². The topological polar surface area (TPSA) is 52.0 Å². The van der Waals surface area contributed by atoms with Crippen molar-refractivity contribution < 1.29 is 8.91 Å². The number of anilines is 1. The highest BCUT2D eigenvalue weighted by Gasteiger charge is 2.19. The van der Waals surface area contributed by atoms with Crippen molar-refractivity contribution in [1.82, 2.24) is 5.16 Å². The summed E-state index contributed by atoms with van der Waals surface area (Å²) in [4.78, 5) is 0. The Morgan fingerprint density at radius 1 is 1.14 bits per heavy atom. The third kappa shape index (κ3) is 2.45. The number of aromatic nitrogens is 1. The summed E-state index contributed by atoms with van der Waals surface area (Å²) in [5, 5.41) is 4.07. The van der Waals surface area contributed by atoms with Gasteiger partial charge in [0, 0.05) is 10.0 Å². The molecule has 1 aromatic heterocycles. The van der Waals surface area contributed by atoms with Gasteiger partial charge in [-0.2, -0.15) is 0 Å². The Kier molecular flexibility index (Phi) is 3.51. The summed E-state index contributed by atoms with van der Waals surface area (Å²) in [6, 6.07) is 11.9. The molecule has 5 heteroatoms. The van der Waals surface area contributed by atoms with Gasteiger partial charge in [-0.25, -0.2) is 4.39 Å². The molecule has 0 aliphatic rings. The Morgan fingerprint density at radius 2 is 1.86 bits per heavy atom. The maximum atomic E-state index is 13.1. The lowest BCUT2D eigenvalue weighted by atomic mass is 9.98. The number of nitrogen functional groups attached to an aromatic ring is 1. The number of hydrogen-bond donors (Lipinski definition) is 1. The molecule has 106 valence electrons. The van der Waals surface area contributed by atoms with E-state index in [0.29, 0.717) is 11.3 Å². The zero-order valence-electron chi connectivity index (χ0n) is 11.2. The number of halogens is 2. The van der Waals surface area contributed by atoms with E-state index in [1.54, 1.807) is 12.1 Å². The molecule has 0 amide bonds. The van der Waals surface area contributed by atoms with Gasteiger partial charge in [-0.15, -0.1) is 0 Å². The van der Waals surface area contributed by atoms with Crippen molar-refractivity contribution in [2.75, 3.05) is 5.73 Å². The van der Waals surface area contributed by atoms with Crippen LogP contribution in [0.5, 0.6) is 0 Å². The zero-order chi connectivity index (χ0) is 15.0. The molecule has 0 spiro atoms. The monoisotopic (exact) mass is 346 g/mol. The van der Waals surface area contributed by atoms with Crippen molar-refractivity contribution in [3.8, 4) is 22.4 Å². The first kappa shape index (κ1) is 13.8. The fourth-order valence-electron chi connectivity index (χ4n) is 2.25. The summed E-state index contributed by atoms with van der Waals surface area (Å²) in [5.74, 6) is -0.0788. The molecule has 3 aromatic rings. The molecule has 21 heavy (non-hydrogen) atoms. The minimum atomic E-state index is -0.297. The highest BCUT2D eigenvalue weighted by atomic mass is 79.9. The van der Waals surface area contributed by atoms with Crippen LogP contribution in [0.25, 0.3) is 22.4 Å². The van der Waals surface area contributed by atoms with Crippen molar-refractivity contribution in [1.29, 1.82) is 0 Å². The van der Waals surface area contributed by atoms with Gasteiger partial charge in [-0.3, -0.25) is 0 Å². The quantitative estimate of drug-likeness (QED) is 0.724. The van der Waals surface area contributed by atoms with Gasteiger partial charge in [0.2, 0.25) is 5.88 Å². The zero-order valence-corrected chi connectivity index (χ0v) is 12.8. The van der Waals surface area contributed by atoms with Crippen LogP contribution in [-0.4, -0.2) is 5.16 Å². The highest BCUT2D eigenvalue weighted by molar-refractivity contribution is 9.10. The maximum Gasteiger partial charge on any atom is 0.230 e. The van der Waals surface area contributed by atoms with Gasteiger partial charge in [0.15, 0.2) is 0 Å². The van der Waals surface area contributed by atoms with Crippen molar-refractivity contribution in [3.05, 3.63) is 58.3 Å². The molecular weight excluding hydrogens is 335 g/mol. The van der Waals surface area contributed by atoms with E-state index in [0.717, 1.165) is 21.2 Å². The number of nitrogens with zero attached hydrogens (tertiary/aromatic N) is 1. The van der Waals surface area contributed by atoms with Crippen LogP contribution in [-0.2, 0) is 0 Å². The van der Waals surface area contributed by atoms with Gasteiger partial charge in [-0.1, -0.05) is 45.4 Å². The molecule has 3 rings (SSSR count). The summed E-state index contributed by atoms with van der Waals surface area (Å²) in [6.45, 7) is 1.98. The summed E-state index contributed by atoms with van der Waals surface area (Å²) in [7, 11) is 0. The summed E-state index contributed by atoms with van der Waals surface area (Å²) < 4.78 is 19.2. The second-order valence-electron chi connectivity index (χ2n) is 4.69. The Hall–Kier alpha value is -2.14. The first-order valence-corrected chi connectivity index (χ1v) is 7.14. The van der Waals surface area contributed by atoms with Gasteiger partial charge in [0.05, 0.1) is 5.56 Å². The Balaban J connectivity index is 2.22. The van der Waals surface area contributed by atoms with Crippen LogP contribution in [0, 0.1) is 12.7 Å². The van der Waals surface area contributed by atoms with E-state index in [9.17, 15) is 4.39 Å². The Morgan fingerprint density at radius 3 is 2.57 bits per heavy atom.